The lowest BCUT2D eigenvalue weighted by Gasteiger charge is -2.13. The van der Waals surface area contributed by atoms with E-state index in [4.69, 9.17) is 23.2 Å². The summed E-state index contributed by atoms with van der Waals surface area (Å²) >= 11 is 11.4. The number of hydrogen-bond donors (Lipinski definition) is 0. The predicted molar refractivity (Wildman–Crippen MR) is 86.0 cm³/mol. The van der Waals surface area contributed by atoms with E-state index < -0.39 is 23.3 Å². The molecule has 0 aliphatic heterocycles. The maximum Gasteiger partial charge on any atom is 0.417 e. The third-order valence-corrected chi connectivity index (χ3v) is 3.65. The Hall–Kier alpha value is -1.85. The first kappa shape index (κ1) is 18.5. The van der Waals surface area contributed by atoms with Crippen LogP contribution in [0.5, 0.6) is 0 Å². The van der Waals surface area contributed by atoms with Gasteiger partial charge in [0.15, 0.2) is 5.78 Å². The van der Waals surface area contributed by atoms with Gasteiger partial charge in [-0.2, -0.15) is 13.2 Å². The van der Waals surface area contributed by atoms with Crippen LogP contribution in [0.25, 0.3) is 5.57 Å². The molecular weight excluding hydrogens is 367 g/mol. The highest BCUT2D eigenvalue weighted by Gasteiger charge is 2.35. The number of allylic oxidation sites excluding steroid dienone is 2. The molecule has 0 amide bonds. The Morgan fingerprint density at radius 3 is 2.08 bits per heavy atom. The summed E-state index contributed by atoms with van der Waals surface area (Å²) in [5.41, 5.74) is -1.46. The minimum absolute atomic E-state index is 0.00137. The molecule has 126 valence electrons. The SMILES string of the molecule is Cc1ccc(C(=O)C=C(c2cc(Cl)cc(Cl)c2)C(F)(F)F)cc1F. The zero-order valence-electron chi connectivity index (χ0n) is 12.2. The van der Waals surface area contributed by atoms with Crippen LogP contribution in [0.4, 0.5) is 17.6 Å². The van der Waals surface area contributed by atoms with E-state index in [1.807, 2.05) is 0 Å². The highest BCUT2D eigenvalue weighted by atomic mass is 35.5. The van der Waals surface area contributed by atoms with Crippen molar-refractivity contribution >= 4 is 34.6 Å². The Morgan fingerprint density at radius 2 is 1.58 bits per heavy atom. The van der Waals surface area contributed by atoms with Crippen molar-refractivity contribution in [1.82, 2.24) is 0 Å². The summed E-state index contributed by atoms with van der Waals surface area (Å²) in [5.74, 6) is -1.65. The predicted octanol–water partition coefficient (Wildman–Crippen LogP) is 6.27. The number of halogens is 6. The second-order valence-electron chi connectivity index (χ2n) is 5.04. The van der Waals surface area contributed by atoms with Crippen LogP contribution in [0, 0.1) is 12.7 Å². The van der Waals surface area contributed by atoms with Crippen molar-refractivity contribution in [3.05, 3.63) is 75.0 Å². The number of aryl methyl sites for hydroxylation is 1. The number of carbonyl (C=O) groups is 1. The smallest absolute Gasteiger partial charge is 0.289 e. The van der Waals surface area contributed by atoms with Crippen LogP contribution >= 0.6 is 23.2 Å². The van der Waals surface area contributed by atoms with E-state index in [9.17, 15) is 22.4 Å². The summed E-state index contributed by atoms with van der Waals surface area (Å²) < 4.78 is 53.4. The molecule has 0 fully saturated rings. The van der Waals surface area contributed by atoms with Crippen molar-refractivity contribution in [3.63, 3.8) is 0 Å². The molecule has 1 nitrogen and oxygen atoms in total. The van der Waals surface area contributed by atoms with Crippen LogP contribution in [0.2, 0.25) is 10.0 Å². The molecule has 0 aromatic heterocycles. The van der Waals surface area contributed by atoms with Gasteiger partial charge in [-0.05, 0) is 48.4 Å². The molecule has 0 unspecified atom stereocenters. The summed E-state index contributed by atoms with van der Waals surface area (Å²) in [6.07, 6.45) is -4.40. The van der Waals surface area contributed by atoms with Crippen LogP contribution in [0.3, 0.4) is 0 Å². The first-order valence-electron chi connectivity index (χ1n) is 6.64. The first-order valence-corrected chi connectivity index (χ1v) is 7.39. The van der Waals surface area contributed by atoms with Crippen molar-refractivity contribution in [2.45, 2.75) is 13.1 Å². The fourth-order valence-corrected chi connectivity index (χ4v) is 2.52. The molecule has 7 heteroatoms. The van der Waals surface area contributed by atoms with Gasteiger partial charge < -0.3 is 0 Å². The minimum Gasteiger partial charge on any atom is -0.289 e. The highest BCUT2D eigenvalue weighted by molar-refractivity contribution is 6.35. The molecule has 0 saturated carbocycles. The van der Waals surface area contributed by atoms with Crippen LogP contribution in [0.15, 0.2) is 42.5 Å². The van der Waals surface area contributed by atoms with E-state index in [-0.39, 0.29) is 26.7 Å². The molecule has 0 aliphatic carbocycles. The maximum absolute atomic E-state index is 13.5. The van der Waals surface area contributed by atoms with Gasteiger partial charge in [-0.25, -0.2) is 4.39 Å². The van der Waals surface area contributed by atoms with E-state index in [1.54, 1.807) is 0 Å². The van der Waals surface area contributed by atoms with Crippen LogP contribution in [0.1, 0.15) is 21.5 Å². The molecule has 2 aromatic rings. The second kappa shape index (κ2) is 6.95. The Labute approximate surface area is 145 Å². The zero-order chi connectivity index (χ0) is 18.1. The molecule has 0 heterocycles. The lowest BCUT2D eigenvalue weighted by molar-refractivity contribution is -0.0689. The van der Waals surface area contributed by atoms with E-state index in [1.165, 1.54) is 25.1 Å². The molecule has 0 bridgehead atoms. The van der Waals surface area contributed by atoms with Crippen LogP contribution < -0.4 is 0 Å². The van der Waals surface area contributed by atoms with Crippen molar-refractivity contribution in [1.29, 1.82) is 0 Å². The van der Waals surface area contributed by atoms with Crippen molar-refractivity contribution in [3.8, 4) is 0 Å². The lowest BCUT2D eigenvalue weighted by Crippen LogP contribution is -2.13. The quantitative estimate of drug-likeness (QED) is 0.350. The fraction of sp³-hybridized carbons (Fsp3) is 0.118. The summed E-state index contributed by atoms with van der Waals surface area (Å²) in [7, 11) is 0. The first-order chi connectivity index (χ1) is 11.1. The summed E-state index contributed by atoms with van der Waals surface area (Å²) in [5, 5.41) is 0.00274. The van der Waals surface area contributed by atoms with Gasteiger partial charge in [0, 0.05) is 15.6 Å². The Bertz CT molecular complexity index is 806. The van der Waals surface area contributed by atoms with E-state index in [0.717, 1.165) is 18.2 Å². The summed E-state index contributed by atoms with van der Waals surface area (Å²) in [4.78, 5) is 12.1. The number of hydrogen-bond acceptors (Lipinski definition) is 1. The third-order valence-electron chi connectivity index (χ3n) is 3.21. The number of benzene rings is 2. The van der Waals surface area contributed by atoms with Gasteiger partial charge in [-0.3, -0.25) is 4.79 Å². The normalized spacial score (nSPS) is 12.4. The number of carbonyl (C=O) groups excluding carboxylic acids is 1. The molecule has 0 aliphatic rings. The van der Waals surface area contributed by atoms with Crippen molar-refractivity contribution in [2.75, 3.05) is 0 Å². The number of alkyl halides is 3. The highest BCUT2D eigenvalue weighted by Crippen LogP contribution is 2.36. The molecule has 0 spiro atoms. The van der Waals surface area contributed by atoms with Crippen LogP contribution in [-0.4, -0.2) is 12.0 Å². The summed E-state index contributed by atoms with van der Waals surface area (Å²) in [6.45, 7) is 1.48. The monoisotopic (exact) mass is 376 g/mol. The Kier molecular flexibility index (Phi) is 5.35. The van der Waals surface area contributed by atoms with Crippen molar-refractivity contribution in [2.24, 2.45) is 0 Å². The summed E-state index contributed by atoms with van der Waals surface area (Å²) in [6, 6.07) is 6.85. The van der Waals surface area contributed by atoms with Gasteiger partial charge in [0.1, 0.15) is 5.82 Å². The Balaban J connectivity index is 2.53. The minimum atomic E-state index is -4.81. The van der Waals surface area contributed by atoms with Gasteiger partial charge in [-0.1, -0.05) is 35.3 Å². The zero-order valence-corrected chi connectivity index (χ0v) is 13.7. The Morgan fingerprint density at radius 1 is 1.00 bits per heavy atom. The molecule has 0 radical (unpaired) electrons. The van der Waals surface area contributed by atoms with Gasteiger partial charge >= 0.3 is 6.18 Å². The average Bonchev–Trinajstić information content (AvgIpc) is 2.45. The molecule has 2 aromatic carbocycles. The van der Waals surface area contributed by atoms with Gasteiger partial charge in [0.25, 0.3) is 0 Å². The largest absolute Gasteiger partial charge is 0.417 e. The molecule has 0 N–H and O–H groups in total. The number of ketones is 1. The van der Waals surface area contributed by atoms with E-state index in [0.29, 0.717) is 6.08 Å². The standard InChI is InChI=1S/C17H10Cl2F4O/c1-9-2-3-10(6-15(9)20)16(24)8-14(17(21,22)23)11-4-12(18)7-13(19)5-11/h2-8H,1H3. The van der Waals surface area contributed by atoms with Gasteiger partial charge in [0.05, 0.1) is 5.57 Å². The van der Waals surface area contributed by atoms with Gasteiger partial charge in [-0.15, -0.1) is 0 Å². The topological polar surface area (TPSA) is 17.1 Å². The molecule has 24 heavy (non-hydrogen) atoms. The van der Waals surface area contributed by atoms with Crippen molar-refractivity contribution < 1.29 is 22.4 Å². The average molecular weight is 377 g/mol. The molecule has 0 atom stereocenters. The van der Waals surface area contributed by atoms with E-state index in [2.05, 4.69) is 0 Å². The molecule has 2 rings (SSSR count). The molecule has 0 saturated heterocycles. The number of rotatable bonds is 3. The maximum atomic E-state index is 13.5. The van der Waals surface area contributed by atoms with E-state index >= 15 is 0 Å². The molecular formula is C17H10Cl2F4O. The van der Waals surface area contributed by atoms with Gasteiger partial charge in [0.2, 0.25) is 0 Å². The third kappa shape index (κ3) is 4.36. The second-order valence-corrected chi connectivity index (χ2v) is 5.91. The lowest BCUT2D eigenvalue weighted by atomic mass is 10.0. The van der Waals surface area contributed by atoms with Crippen LogP contribution in [-0.2, 0) is 0 Å². The fourth-order valence-electron chi connectivity index (χ4n) is 2.00.